The Morgan fingerprint density at radius 2 is 2.00 bits per heavy atom. The third kappa shape index (κ3) is 7.45. The molecule has 0 radical (unpaired) electrons. The van der Waals surface area contributed by atoms with Crippen LogP contribution in [0.5, 0.6) is 0 Å². The summed E-state index contributed by atoms with van der Waals surface area (Å²) in [5.74, 6) is 0.520. The maximum Gasteiger partial charge on any atom is 0.254 e. The number of hydrogen-bond acceptors (Lipinski definition) is 6. The quantitative estimate of drug-likeness (QED) is 0.492. The van der Waals surface area contributed by atoms with Crippen molar-refractivity contribution in [1.82, 2.24) is 15.5 Å². The van der Waals surface area contributed by atoms with Gasteiger partial charge in [0.25, 0.3) is 5.91 Å². The van der Waals surface area contributed by atoms with Crippen LogP contribution < -0.4 is 10.6 Å². The largest absolute Gasteiger partial charge is 0.381 e. The first-order valence-corrected chi connectivity index (χ1v) is 14.1. The standard InChI is InChI=1S/C28H41ClN4O4/c1-4-20-15-23(9-10-25(20)37-18(2)3)31-28-30-16-24(32-26(34)21-11-13-36-14-12-21)27(35)33(28)17-19-5-7-22(29)8-6-19/h5,7,15,18,20-21,24-25H,4,6,8-14,16-17H2,1-3H3,(H,30,31)(H,32,34). The molecule has 2 heterocycles. The van der Waals surface area contributed by atoms with Gasteiger partial charge in [-0.2, -0.15) is 0 Å². The van der Waals surface area contributed by atoms with Crippen LogP contribution in [0.1, 0.15) is 65.7 Å². The van der Waals surface area contributed by atoms with Crippen molar-refractivity contribution >= 4 is 29.4 Å². The lowest BCUT2D eigenvalue weighted by Crippen LogP contribution is -2.59. The average Bonchev–Trinajstić information content (AvgIpc) is 2.90. The zero-order chi connectivity index (χ0) is 26.4. The molecule has 3 atom stereocenters. The molecule has 0 spiro atoms. The van der Waals surface area contributed by atoms with E-state index in [9.17, 15) is 9.59 Å². The Morgan fingerprint density at radius 1 is 1.22 bits per heavy atom. The fourth-order valence-corrected chi connectivity index (χ4v) is 5.51. The number of amides is 2. The molecule has 0 bridgehead atoms. The number of allylic oxidation sites excluding steroid dienone is 4. The summed E-state index contributed by atoms with van der Waals surface area (Å²) in [6.07, 6.45) is 12.2. The molecular formula is C28H41ClN4O4. The summed E-state index contributed by atoms with van der Waals surface area (Å²) in [5, 5.41) is 7.27. The Labute approximate surface area is 225 Å². The molecule has 0 saturated carbocycles. The molecule has 2 N–H and O–H groups in total. The molecule has 1 fully saturated rings. The molecule has 204 valence electrons. The molecule has 8 nitrogen and oxygen atoms in total. The Kier molecular flexibility index (Phi) is 9.84. The van der Waals surface area contributed by atoms with Gasteiger partial charge in [-0.05, 0) is 70.4 Å². The first-order valence-electron chi connectivity index (χ1n) is 13.7. The van der Waals surface area contributed by atoms with E-state index in [1.807, 2.05) is 12.2 Å². The Balaban J connectivity index is 1.50. The van der Waals surface area contributed by atoms with Crippen molar-refractivity contribution in [3.8, 4) is 0 Å². The van der Waals surface area contributed by atoms with Crippen LogP contribution in [0.3, 0.4) is 0 Å². The summed E-state index contributed by atoms with van der Waals surface area (Å²) in [7, 11) is 0. The lowest BCUT2D eigenvalue weighted by molar-refractivity contribution is -0.136. The third-order valence-electron chi connectivity index (χ3n) is 7.48. The van der Waals surface area contributed by atoms with Gasteiger partial charge in [0.1, 0.15) is 6.04 Å². The lowest BCUT2D eigenvalue weighted by Gasteiger charge is -2.36. The van der Waals surface area contributed by atoms with Crippen LogP contribution in [0.4, 0.5) is 0 Å². The topological polar surface area (TPSA) is 92.3 Å². The molecule has 2 aliphatic heterocycles. The molecule has 37 heavy (non-hydrogen) atoms. The van der Waals surface area contributed by atoms with Crippen molar-refractivity contribution < 1.29 is 19.1 Å². The third-order valence-corrected chi connectivity index (χ3v) is 7.79. The second-order valence-corrected chi connectivity index (χ2v) is 11.1. The van der Waals surface area contributed by atoms with Crippen LogP contribution in [0.25, 0.3) is 0 Å². The van der Waals surface area contributed by atoms with E-state index in [1.165, 1.54) is 0 Å². The average molecular weight is 533 g/mol. The number of aliphatic imine (C=N–C) groups is 1. The number of ether oxygens (including phenoxy) is 2. The fraction of sp³-hybridized carbons (Fsp3) is 0.679. The van der Waals surface area contributed by atoms with Gasteiger partial charge in [0, 0.05) is 35.8 Å². The van der Waals surface area contributed by atoms with Crippen molar-refractivity contribution in [2.75, 3.05) is 26.3 Å². The number of nitrogens with one attached hydrogen (secondary N) is 2. The summed E-state index contributed by atoms with van der Waals surface area (Å²) < 4.78 is 11.5. The normalized spacial score (nSPS) is 27.3. The SMILES string of the molecule is CCC1C=C(NC2=NCC(NC(=O)C3CCOCC3)C(=O)N2CC2=CC=C(Cl)CC2)CCC1OC(C)C. The van der Waals surface area contributed by atoms with E-state index in [4.69, 9.17) is 26.1 Å². The second kappa shape index (κ2) is 13.1. The van der Waals surface area contributed by atoms with Crippen LogP contribution in [0.15, 0.2) is 39.5 Å². The lowest BCUT2D eigenvalue weighted by atomic mass is 9.88. The van der Waals surface area contributed by atoms with Gasteiger partial charge in [-0.3, -0.25) is 14.5 Å². The zero-order valence-electron chi connectivity index (χ0n) is 22.3. The molecular weight excluding hydrogens is 492 g/mol. The van der Waals surface area contributed by atoms with Gasteiger partial charge < -0.3 is 20.1 Å². The smallest absolute Gasteiger partial charge is 0.254 e. The van der Waals surface area contributed by atoms with Gasteiger partial charge in [-0.15, -0.1) is 0 Å². The number of guanidine groups is 1. The van der Waals surface area contributed by atoms with E-state index in [2.05, 4.69) is 37.5 Å². The van der Waals surface area contributed by atoms with E-state index in [-0.39, 0.29) is 36.5 Å². The molecule has 0 aromatic heterocycles. The van der Waals surface area contributed by atoms with E-state index < -0.39 is 6.04 Å². The molecule has 0 aromatic rings. The number of halogens is 1. The van der Waals surface area contributed by atoms with Gasteiger partial charge >= 0.3 is 0 Å². The maximum atomic E-state index is 13.7. The molecule has 4 rings (SSSR count). The van der Waals surface area contributed by atoms with Crippen molar-refractivity contribution in [3.05, 3.63) is 34.5 Å². The minimum atomic E-state index is -0.670. The molecule has 2 amide bonds. The first kappa shape index (κ1) is 27.9. The van der Waals surface area contributed by atoms with Crippen LogP contribution in [-0.2, 0) is 19.1 Å². The van der Waals surface area contributed by atoms with Crippen molar-refractivity contribution in [2.24, 2.45) is 16.8 Å². The Bertz CT molecular complexity index is 967. The van der Waals surface area contributed by atoms with Crippen molar-refractivity contribution in [1.29, 1.82) is 0 Å². The highest BCUT2D eigenvalue weighted by molar-refractivity contribution is 6.29. The molecule has 1 saturated heterocycles. The molecule has 0 aromatic carbocycles. The summed E-state index contributed by atoms with van der Waals surface area (Å²) in [6.45, 7) is 8.12. The predicted octanol–water partition coefficient (Wildman–Crippen LogP) is 4.03. The molecule has 4 aliphatic rings. The van der Waals surface area contributed by atoms with E-state index >= 15 is 0 Å². The summed E-state index contributed by atoms with van der Waals surface area (Å²) >= 11 is 6.16. The minimum Gasteiger partial charge on any atom is -0.381 e. The maximum absolute atomic E-state index is 13.7. The van der Waals surface area contributed by atoms with Gasteiger partial charge in [0.15, 0.2) is 0 Å². The van der Waals surface area contributed by atoms with Crippen LogP contribution in [0, 0.1) is 11.8 Å². The summed E-state index contributed by atoms with van der Waals surface area (Å²) in [6, 6.07) is -0.670. The van der Waals surface area contributed by atoms with Gasteiger partial charge in [-0.1, -0.05) is 30.7 Å². The van der Waals surface area contributed by atoms with E-state index in [1.54, 1.807) is 4.90 Å². The van der Waals surface area contributed by atoms with Crippen LogP contribution in [0.2, 0.25) is 0 Å². The fourth-order valence-electron chi connectivity index (χ4n) is 5.35. The van der Waals surface area contributed by atoms with Crippen molar-refractivity contribution in [3.63, 3.8) is 0 Å². The van der Waals surface area contributed by atoms with Crippen LogP contribution >= 0.6 is 11.6 Å². The van der Waals surface area contributed by atoms with Crippen LogP contribution in [-0.4, -0.2) is 67.2 Å². The molecule has 2 aliphatic carbocycles. The number of nitrogens with zero attached hydrogens (tertiary/aromatic N) is 2. The minimum absolute atomic E-state index is 0.0863. The molecule has 3 unspecified atom stereocenters. The Hall–Kier alpha value is -2.16. The number of hydrogen-bond donors (Lipinski definition) is 2. The zero-order valence-corrected chi connectivity index (χ0v) is 23.1. The number of carbonyl (C=O) groups excluding carboxylic acids is 2. The highest BCUT2D eigenvalue weighted by Gasteiger charge is 2.36. The number of carbonyl (C=O) groups is 2. The van der Waals surface area contributed by atoms with Gasteiger partial charge in [0.2, 0.25) is 11.9 Å². The van der Waals surface area contributed by atoms with Crippen molar-refractivity contribution in [2.45, 2.75) is 84.0 Å². The Morgan fingerprint density at radius 3 is 2.68 bits per heavy atom. The monoisotopic (exact) mass is 532 g/mol. The summed E-state index contributed by atoms with van der Waals surface area (Å²) in [4.78, 5) is 33.0. The van der Waals surface area contributed by atoms with Gasteiger partial charge in [-0.25, -0.2) is 4.99 Å². The van der Waals surface area contributed by atoms with E-state index in [0.717, 1.165) is 48.4 Å². The molecule has 9 heteroatoms. The second-order valence-electron chi connectivity index (χ2n) is 10.6. The highest BCUT2D eigenvalue weighted by atomic mass is 35.5. The predicted molar refractivity (Wildman–Crippen MR) is 145 cm³/mol. The summed E-state index contributed by atoms with van der Waals surface area (Å²) in [5.41, 5.74) is 2.18. The van der Waals surface area contributed by atoms with Gasteiger partial charge in [0.05, 0.1) is 25.3 Å². The van der Waals surface area contributed by atoms with E-state index in [0.29, 0.717) is 44.5 Å². The first-order chi connectivity index (χ1) is 17.8. The highest BCUT2D eigenvalue weighted by Crippen LogP contribution is 2.29. The number of rotatable bonds is 8.